The molecule has 2 saturated heterocycles. The zero-order valence-electron chi connectivity index (χ0n) is 6.19. The van der Waals surface area contributed by atoms with Crippen LogP contribution in [0.3, 0.4) is 0 Å². The lowest BCUT2D eigenvalue weighted by Crippen LogP contribution is -2.66. The molecule has 0 aromatic rings. The average Bonchev–Trinajstić information content (AvgIpc) is 2.27. The lowest BCUT2D eigenvalue weighted by molar-refractivity contribution is -0.166. The average molecular weight is 169 g/mol. The quantitative estimate of drug-likeness (QED) is 0.511. The molecule has 5 heteroatoms. The van der Waals surface area contributed by atoms with Crippen LogP contribution in [-0.2, 0) is 14.4 Å². The van der Waals surface area contributed by atoms with E-state index in [0.717, 1.165) is 0 Å². The number of ketones is 1. The highest BCUT2D eigenvalue weighted by atomic mass is 16.4. The summed E-state index contributed by atoms with van der Waals surface area (Å²) in [5.41, 5.74) is 0. The Hall–Kier alpha value is -1.39. The van der Waals surface area contributed by atoms with Gasteiger partial charge in [0.2, 0.25) is 5.91 Å². The Balaban J connectivity index is 2.24. The SMILES string of the molecule is O=C(O)C1C(=O)C2CCC(=O)N21. The van der Waals surface area contributed by atoms with Crippen molar-refractivity contribution in [1.82, 2.24) is 4.90 Å². The molecule has 2 rings (SSSR count). The molecule has 0 saturated carbocycles. The minimum absolute atomic E-state index is 0.216. The van der Waals surface area contributed by atoms with E-state index in [4.69, 9.17) is 5.11 Å². The van der Waals surface area contributed by atoms with Gasteiger partial charge in [-0.15, -0.1) is 0 Å². The Morgan fingerprint density at radius 2 is 2.17 bits per heavy atom. The van der Waals surface area contributed by atoms with Gasteiger partial charge in [-0.1, -0.05) is 0 Å². The Kier molecular flexibility index (Phi) is 1.25. The van der Waals surface area contributed by atoms with Gasteiger partial charge >= 0.3 is 5.97 Å². The van der Waals surface area contributed by atoms with Gasteiger partial charge in [0, 0.05) is 6.42 Å². The number of carboxylic acids is 1. The number of fused-ring (bicyclic) bond motifs is 1. The summed E-state index contributed by atoms with van der Waals surface area (Å²) in [5, 5.41) is 8.55. The molecule has 0 aromatic heterocycles. The molecular formula is C7H7NO4. The standard InChI is InChI=1S/C7H7NO4/c9-4-2-1-3-6(10)5(7(11)12)8(3)4/h3,5H,1-2H2,(H,11,12). The van der Waals surface area contributed by atoms with Crippen LogP contribution in [0, 0.1) is 0 Å². The van der Waals surface area contributed by atoms with Crippen LogP contribution >= 0.6 is 0 Å². The molecule has 0 bridgehead atoms. The summed E-state index contributed by atoms with van der Waals surface area (Å²) in [6.07, 6.45) is 0.793. The number of carbonyl (C=O) groups excluding carboxylic acids is 2. The van der Waals surface area contributed by atoms with E-state index in [1.807, 2.05) is 0 Å². The topological polar surface area (TPSA) is 74.7 Å². The molecule has 1 amide bonds. The molecule has 1 N–H and O–H groups in total. The zero-order valence-corrected chi connectivity index (χ0v) is 6.19. The Bertz CT molecular complexity index is 285. The molecular weight excluding hydrogens is 162 g/mol. The number of hydrogen-bond acceptors (Lipinski definition) is 3. The van der Waals surface area contributed by atoms with Crippen LogP contribution in [0.25, 0.3) is 0 Å². The molecule has 5 nitrogen and oxygen atoms in total. The number of hydrogen-bond donors (Lipinski definition) is 1. The summed E-state index contributed by atoms with van der Waals surface area (Å²) in [6, 6.07) is -1.62. The summed E-state index contributed by atoms with van der Waals surface area (Å²) in [6.45, 7) is 0. The number of rotatable bonds is 1. The number of carbonyl (C=O) groups is 3. The largest absolute Gasteiger partial charge is 0.479 e. The van der Waals surface area contributed by atoms with Crippen LogP contribution in [-0.4, -0.2) is 39.7 Å². The fourth-order valence-corrected chi connectivity index (χ4v) is 1.78. The van der Waals surface area contributed by atoms with Crippen LogP contribution in [0.2, 0.25) is 0 Å². The number of amides is 1. The number of nitrogens with zero attached hydrogens (tertiary/aromatic N) is 1. The highest BCUT2D eigenvalue weighted by Gasteiger charge is 2.56. The van der Waals surface area contributed by atoms with Crippen molar-refractivity contribution >= 4 is 17.7 Å². The van der Waals surface area contributed by atoms with E-state index >= 15 is 0 Å². The van der Waals surface area contributed by atoms with Gasteiger partial charge in [-0.3, -0.25) is 9.59 Å². The first-order valence-electron chi connectivity index (χ1n) is 3.70. The van der Waals surface area contributed by atoms with Crippen LogP contribution in [0.5, 0.6) is 0 Å². The van der Waals surface area contributed by atoms with Crippen LogP contribution < -0.4 is 0 Å². The van der Waals surface area contributed by atoms with Crippen LogP contribution in [0.1, 0.15) is 12.8 Å². The normalized spacial score (nSPS) is 33.2. The fraction of sp³-hybridized carbons (Fsp3) is 0.571. The van der Waals surface area contributed by atoms with E-state index in [1.165, 1.54) is 4.90 Å². The molecule has 0 aliphatic carbocycles. The Morgan fingerprint density at radius 1 is 1.50 bits per heavy atom. The van der Waals surface area contributed by atoms with Gasteiger partial charge in [-0.2, -0.15) is 0 Å². The van der Waals surface area contributed by atoms with Crippen molar-refractivity contribution in [2.75, 3.05) is 0 Å². The van der Waals surface area contributed by atoms with E-state index in [9.17, 15) is 14.4 Å². The minimum atomic E-state index is -1.22. The molecule has 2 aliphatic rings. The second-order valence-electron chi connectivity index (χ2n) is 3.00. The van der Waals surface area contributed by atoms with Crippen LogP contribution in [0.4, 0.5) is 0 Å². The second-order valence-corrected chi connectivity index (χ2v) is 3.00. The maximum Gasteiger partial charge on any atom is 0.334 e. The minimum Gasteiger partial charge on any atom is -0.479 e. The summed E-state index contributed by atoms with van der Waals surface area (Å²) >= 11 is 0. The lowest BCUT2D eigenvalue weighted by atomic mass is 9.93. The maximum atomic E-state index is 11.1. The summed E-state index contributed by atoms with van der Waals surface area (Å²) in [4.78, 5) is 33.7. The maximum absolute atomic E-state index is 11.1. The molecule has 0 spiro atoms. The van der Waals surface area contributed by atoms with E-state index in [-0.39, 0.29) is 11.7 Å². The van der Waals surface area contributed by atoms with Crippen molar-refractivity contribution in [3.8, 4) is 0 Å². The summed E-state index contributed by atoms with van der Waals surface area (Å²) < 4.78 is 0. The van der Waals surface area contributed by atoms with Crippen molar-refractivity contribution in [2.24, 2.45) is 0 Å². The van der Waals surface area contributed by atoms with Crippen molar-refractivity contribution in [3.05, 3.63) is 0 Å². The van der Waals surface area contributed by atoms with Crippen molar-refractivity contribution in [1.29, 1.82) is 0 Å². The summed E-state index contributed by atoms with van der Waals surface area (Å²) in [7, 11) is 0. The summed E-state index contributed by atoms with van der Waals surface area (Å²) in [5.74, 6) is -1.76. The van der Waals surface area contributed by atoms with Gasteiger partial charge in [0.15, 0.2) is 11.8 Å². The predicted molar refractivity (Wildman–Crippen MR) is 36.3 cm³/mol. The Morgan fingerprint density at radius 3 is 2.75 bits per heavy atom. The molecule has 2 heterocycles. The lowest BCUT2D eigenvalue weighted by Gasteiger charge is -2.39. The van der Waals surface area contributed by atoms with Crippen molar-refractivity contribution < 1.29 is 19.5 Å². The van der Waals surface area contributed by atoms with E-state index in [1.54, 1.807) is 0 Å². The van der Waals surface area contributed by atoms with E-state index in [2.05, 4.69) is 0 Å². The third-order valence-electron chi connectivity index (χ3n) is 2.37. The monoisotopic (exact) mass is 169 g/mol. The second kappa shape index (κ2) is 2.06. The Labute approximate surface area is 68.0 Å². The predicted octanol–water partition coefficient (Wildman–Crippen LogP) is -0.987. The van der Waals surface area contributed by atoms with Crippen molar-refractivity contribution in [3.63, 3.8) is 0 Å². The first-order valence-corrected chi connectivity index (χ1v) is 3.70. The van der Waals surface area contributed by atoms with E-state index in [0.29, 0.717) is 12.8 Å². The zero-order chi connectivity index (χ0) is 8.88. The first-order chi connectivity index (χ1) is 5.63. The third-order valence-corrected chi connectivity index (χ3v) is 2.37. The van der Waals surface area contributed by atoms with Gasteiger partial charge < -0.3 is 10.0 Å². The number of carboxylic acid groups (broad SMARTS) is 1. The van der Waals surface area contributed by atoms with Gasteiger partial charge in [-0.25, -0.2) is 4.79 Å². The molecule has 2 unspecified atom stereocenters. The van der Waals surface area contributed by atoms with Crippen molar-refractivity contribution in [2.45, 2.75) is 24.9 Å². The molecule has 2 fully saturated rings. The number of Topliss-reactive ketones (excluding diaryl/α,β-unsaturated/α-hetero) is 1. The highest BCUT2D eigenvalue weighted by Crippen LogP contribution is 2.32. The molecule has 12 heavy (non-hydrogen) atoms. The molecule has 0 radical (unpaired) electrons. The van der Waals surface area contributed by atoms with Gasteiger partial charge in [-0.05, 0) is 6.42 Å². The third kappa shape index (κ3) is 0.654. The van der Waals surface area contributed by atoms with Gasteiger partial charge in [0.05, 0.1) is 6.04 Å². The van der Waals surface area contributed by atoms with Crippen LogP contribution in [0.15, 0.2) is 0 Å². The van der Waals surface area contributed by atoms with Gasteiger partial charge in [0.25, 0.3) is 0 Å². The smallest absolute Gasteiger partial charge is 0.334 e. The highest BCUT2D eigenvalue weighted by molar-refractivity contribution is 6.15. The molecule has 64 valence electrons. The molecule has 0 aromatic carbocycles. The number of aliphatic carboxylic acids is 1. The van der Waals surface area contributed by atoms with E-state index < -0.39 is 18.1 Å². The molecule has 2 aliphatic heterocycles. The molecule has 2 atom stereocenters. The van der Waals surface area contributed by atoms with Gasteiger partial charge in [0.1, 0.15) is 0 Å². The fourth-order valence-electron chi connectivity index (χ4n) is 1.78. The first kappa shape index (κ1) is 7.27.